The Morgan fingerprint density at radius 3 is 2.45 bits per heavy atom. The quantitative estimate of drug-likeness (QED) is 0.932. The highest BCUT2D eigenvalue weighted by molar-refractivity contribution is 6.00. The molecular weight excluding hydrogens is 278 g/mol. The fourth-order valence-corrected chi connectivity index (χ4v) is 2.65. The summed E-state index contributed by atoms with van der Waals surface area (Å²) in [5.41, 5.74) is 2.15. The lowest BCUT2D eigenvalue weighted by molar-refractivity contribution is -0.124. The summed E-state index contributed by atoms with van der Waals surface area (Å²) in [6, 6.07) is 7.50. The number of amides is 3. The van der Waals surface area contributed by atoms with Crippen LogP contribution in [-0.2, 0) is 11.2 Å². The van der Waals surface area contributed by atoms with Gasteiger partial charge in [-0.2, -0.15) is 0 Å². The number of carbonyl (C=O) groups is 2. The second-order valence-electron chi connectivity index (χ2n) is 5.98. The van der Waals surface area contributed by atoms with Crippen molar-refractivity contribution in [2.75, 3.05) is 18.0 Å². The Bertz CT molecular complexity index is 539. The molecule has 1 unspecified atom stereocenters. The molecule has 0 spiro atoms. The predicted octanol–water partition coefficient (Wildman–Crippen LogP) is 2.40. The van der Waals surface area contributed by atoms with Gasteiger partial charge in [-0.05, 0) is 44.9 Å². The first kappa shape index (κ1) is 16.3. The van der Waals surface area contributed by atoms with E-state index < -0.39 is 6.04 Å². The molecule has 0 aromatic heterocycles. The van der Waals surface area contributed by atoms with E-state index in [0.29, 0.717) is 13.1 Å². The van der Waals surface area contributed by atoms with Crippen LogP contribution in [-0.4, -0.2) is 42.0 Å². The van der Waals surface area contributed by atoms with Crippen molar-refractivity contribution in [3.8, 4) is 0 Å². The van der Waals surface area contributed by atoms with E-state index in [2.05, 4.69) is 12.2 Å². The number of aryl methyl sites for hydroxylation is 1. The minimum absolute atomic E-state index is 0.0330. The molecule has 22 heavy (non-hydrogen) atoms. The molecule has 1 N–H and O–H groups in total. The van der Waals surface area contributed by atoms with Crippen LogP contribution in [0.2, 0.25) is 0 Å². The molecule has 1 atom stereocenters. The van der Waals surface area contributed by atoms with Gasteiger partial charge in [0.15, 0.2) is 0 Å². The second kappa shape index (κ2) is 6.81. The summed E-state index contributed by atoms with van der Waals surface area (Å²) >= 11 is 0. The number of carbonyl (C=O) groups excluding carboxylic acids is 2. The van der Waals surface area contributed by atoms with Crippen LogP contribution in [0.25, 0.3) is 0 Å². The summed E-state index contributed by atoms with van der Waals surface area (Å²) in [6.45, 7) is 8.79. The molecule has 1 aromatic carbocycles. The molecule has 1 fully saturated rings. The molecule has 5 heteroatoms. The van der Waals surface area contributed by atoms with Gasteiger partial charge in [0.2, 0.25) is 5.91 Å². The number of rotatable bonds is 3. The molecule has 1 aromatic rings. The van der Waals surface area contributed by atoms with E-state index >= 15 is 0 Å². The number of hydrogen-bond acceptors (Lipinski definition) is 2. The van der Waals surface area contributed by atoms with Gasteiger partial charge in [0.25, 0.3) is 0 Å². The SMILES string of the molecule is CCc1ccc(N2CCN(C(=O)NC(C)C)C(C)C2=O)cc1. The average molecular weight is 303 g/mol. The number of nitrogens with zero attached hydrogens (tertiary/aromatic N) is 2. The zero-order chi connectivity index (χ0) is 16.3. The van der Waals surface area contributed by atoms with Crippen molar-refractivity contribution >= 4 is 17.6 Å². The van der Waals surface area contributed by atoms with E-state index in [4.69, 9.17) is 0 Å². The Kier molecular flexibility index (Phi) is 5.06. The van der Waals surface area contributed by atoms with Crippen molar-refractivity contribution in [2.45, 2.75) is 46.2 Å². The van der Waals surface area contributed by atoms with Crippen LogP contribution < -0.4 is 10.2 Å². The monoisotopic (exact) mass is 303 g/mol. The second-order valence-corrected chi connectivity index (χ2v) is 5.98. The first-order valence-electron chi connectivity index (χ1n) is 7.91. The summed E-state index contributed by atoms with van der Waals surface area (Å²) in [4.78, 5) is 28.1. The average Bonchev–Trinajstić information content (AvgIpc) is 2.49. The van der Waals surface area contributed by atoms with Crippen LogP contribution in [0.1, 0.15) is 33.3 Å². The molecule has 0 saturated carbocycles. The van der Waals surface area contributed by atoms with Crippen LogP contribution in [0.5, 0.6) is 0 Å². The molecule has 1 heterocycles. The molecule has 0 bridgehead atoms. The van der Waals surface area contributed by atoms with Gasteiger partial charge >= 0.3 is 6.03 Å². The summed E-state index contributed by atoms with van der Waals surface area (Å²) in [5, 5.41) is 2.85. The predicted molar refractivity (Wildman–Crippen MR) is 88.0 cm³/mol. The largest absolute Gasteiger partial charge is 0.336 e. The lowest BCUT2D eigenvalue weighted by Crippen LogP contribution is -2.60. The molecule has 0 aliphatic carbocycles. The summed E-state index contributed by atoms with van der Waals surface area (Å²) in [6.07, 6.45) is 0.980. The van der Waals surface area contributed by atoms with Gasteiger partial charge in [-0.3, -0.25) is 4.79 Å². The van der Waals surface area contributed by atoms with Crippen molar-refractivity contribution in [3.05, 3.63) is 29.8 Å². The summed E-state index contributed by atoms with van der Waals surface area (Å²) in [7, 11) is 0. The van der Waals surface area contributed by atoms with Crippen molar-refractivity contribution in [1.82, 2.24) is 10.2 Å². The van der Waals surface area contributed by atoms with E-state index in [0.717, 1.165) is 12.1 Å². The number of anilines is 1. The van der Waals surface area contributed by atoms with Crippen LogP contribution in [0, 0.1) is 0 Å². The maximum absolute atomic E-state index is 12.6. The molecule has 3 amide bonds. The van der Waals surface area contributed by atoms with E-state index in [9.17, 15) is 9.59 Å². The third-order valence-electron chi connectivity index (χ3n) is 3.98. The van der Waals surface area contributed by atoms with Gasteiger partial charge in [-0.15, -0.1) is 0 Å². The Hall–Kier alpha value is -2.04. The Morgan fingerprint density at radius 1 is 1.27 bits per heavy atom. The van der Waals surface area contributed by atoms with Gasteiger partial charge in [-0.1, -0.05) is 19.1 Å². The van der Waals surface area contributed by atoms with Crippen molar-refractivity contribution < 1.29 is 9.59 Å². The zero-order valence-corrected chi connectivity index (χ0v) is 13.8. The van der Waals surface area contributed by atoms with E-state index in [1.165, 1.54) is 5.56 Å². The smallest absolute Gasteiger partial charge is 0.318 e. The van der Waals surface area contributed by atoms with Crippen molar-refractivity contribution in [1.29, 1.82) is 0 Å². The normalized spacial score (nSPS) is 18.8. The van der Waals surface area contributed by atoms with E-state index in [1.807, 2.05) is 38.1 Å². The van der Waals surface area contributed by atoms with Crippen molar-refractivity contribution in [3.63, 3.8) is 0 Å². The number of hydrogen-bond donors (Lipinski definition) is 1. The maximum atomic E-state index is 12.6. The van der Waals surface area contributed by atoms with Crippen molar-refractivity contribution in [2.24, 2.45) is 0 Å². The Morgan fingerprint density at radius 2 is 1.91 bits per heavy atom. The fourth-order valence-electron chi connectivity index (χ4n) is 2.65. The lowest BCUT2D eigenvalue weighted by atomic mass is 10.1. The maximum Gasteiger partial charge on any atom is 0.318 e. The third-order valence-corrected chi connectivity index (χ3v) is 3.98. The molecular formula is C17H25N3O2. The topological polar surface area (TPSA) is 52.6 Å². The standard InChI is InChI=1S/C17H25N3O2/c1-5-14-6-8-15(9-7-14)20-11-10-19(13(4)16(20)21)17(22)18-12(2)3/h6-9,12-13H,5,10-11H2,1-4H3,(H,18,22). The Labute approximate surface area is 132 Å². The van der Waals surface area contributed by atoms with Crippen LogP contribution in [0.3, 0.4) is 0 Å². The van der Waals surface area contributed by atoms with Gasteiger partial charge in [0.1, 0.15) is 6.04 Å². The highest BCUT2D eigenvalue weighted by atomic mass is 16.2. The van der Waals surface area contributed by atoms with Crippen LogP contribution >= 0.6 is 0 Å². The van der Waals surface area contributed by atoms with Crippen LogP contribution in [0.4, 0.5) is 10.5 Å². The molecule has 5 nitrogen and oxygen atoms in total. The first-order chi connectivity index (χ1) is 10.4. The molecule has 1 aliphatic heterocycles. The van der Waals surface area contributed by atoms with Gasteiger partial charge in [0, 0.05) is 24.8 Å². The molecule has 2 rings (SSSR count). The first-order valence-corrected chi connectivity index (χ1v) is 7.91. The van der Waals surface area contributed by atoms with E-state index in [1.54, 1.807) is 16.7 Å². The number of piperazine rings is 1. The van der Waals surface area contributed by atoms with Crippen LogP contribution in [0.15, 0.2) is 24.3 Å². The van der Waals surface area contributed by atoms with Gasteiger partial charge < -0.3 is 15.1 Å². The number of urea groups is 1. The highest BCUT2D eigenvalue weighted by Gasteiger charge is 2.35. The molecule has 1 aliphatic rings. The Balaban J connectivity index is 2.09. The minimum atomic E-state index is -0.446. The zero-order valence-electron chi connectivity index (χ0n) is 13.8. The summed E-state index contributed by atoms with van der Waals surface area (Å²) in [5.74, 6) is -0.0330. The number of benzene rings is 1. The lowest BCUT2D eigenvalue weighted by Gasteiger charge is -2.39. The fraction of sp³-hybridized carbons (Fsp3) is 0.529. The molecule has 120 valence electrons. The third kappa shape index (κ3) is 3.40. The highest BCUT2D eigenvalue weighted by Crippen LogP contribution is 2.21. The van der Waals surface area contributed by atoms with E-state index in [-0.39, 0.29) is 18.0 Å². The minimum Gasteiger partial charge on any atom is -0.336 e. The molecule has 0 radical (unpaired) electrons. The van der Waals surface area contributed by atoms with Gasteiger partial charge in [0.05, 0.1) is 0 Å². The number of nitrogens with one attached hydrogen (secondary N) is 1. The van der Waals surface area contributed by atoms with Gasteiger partial charge in [-0.25, -0.2) is 4.79 Å². The summed E-state index contributed by atoms with van der Waals surface area (Å²) < 4.78 is 0. The molecule has 1 saturated heterocycles.